The van der Waals surface area contributed by atoms with Crippen molar-refractivity contribution in [2.24, 2.45) is 11.8 Å². The van der Waals surface area contributed by atoms with Crippen LogP contribution in [-0.2, 0) is 22.4 Å². The molecular formula is C26H32O2. The molecule has 1 saturated carbocycles. The van der Waals surface area contributed by atoms with E-state index in [1.54, 1.807) is 13.0 Å². The van der Waals surface area contributed by atoms with Gasteiger partial charge in [0.25, 0.3) is 0 Å². The fourth-order valence-electron chi connectivity index (χ4n) is 3.89. The lowest BCUT2D eigenvalue weighted by Crippen LogP contribution is -2.13. The molecule has 0 spiro atoms. The summed E-state index contributed by atoms with van der Waals surface area (Å²) >= 11 is 0. The zero-order valence-electron chi connectivity index (χ0n) is 17.0. The van der Waals surface area contributed by atoms with Crippen LogP contribution in [0.1, 0.15) is 50.2 Å². The lowest BCUT2D eigenvalue weighted by molar-refractivity contribution is -0.114. The molecular weight excluding hydrogens is 344 g/mol. The van der Waals surface area contributed by atoms with Gasteiger partial charge in [-0.3, -0.25) is 9.59 Å². The van der Waals surface area contributed by atoms with Crippen LogP contribution >= 0.6 is 0 Å². The minimum absolute atomic E-state index is 0.0300. The molecule has 0 N–H and O–H groups in total. The van der Waals surface area contributed by atoms with Crippen molar-refractivity contribution in [3.63, 3.8) is 0 Å². The minimum atomic E-state index is -0.0300. The Bertz CT molecular complexity index is 758. The van der Waals surface area contributed by atoms with E-state index in [9.17, 15) is 9.59 Å². The summed E-state index contributed by atoms with van der Waals surface area (Å²) in [6, 6.07) is 8.41. The first-order valence-corrected chi connectivity index (χ1v) is 10.3. The van der Waals surface area contributed by atoms with E-state index < -0.39 is 0 Å². The number of hydrogen-bond acceptors (Lipinski definition) is 2. The van der Waals surface area contributed by atoms with Crippen molar-refractivity contribution in [1.82, 2.24) is 0 Å². The molecule has 2 heteroatoms. The first-order valence-electron chi connectivity index (χ1n) is 10.3. The largest absolute Gasteiger partial charge is 0.295 e. The molecule has 2 nitrogen and oxygen atoms in total. The van der Waals surface area contributed by atoms with E-state index in [2.05, 4.69) is 43.5 Å². The van der Waals surface area contributed by atoms with Crippen molar-refractivity contribution < 1.29 is 9.59 Å². The molecule has 1 fully saturated rings. The molecule has 0 atom stereocenters. The third kappa shape index (κ3) is 6.92. The van der Waals surface area contributed by atoms with Crippen molar-refractivity contribution in [2.75, 3.05) is 0 Å². The van der Waals surface area contributed by atoms with E-state index in [0.717, 1.165) is 50.5 Å². The molecule has 0 unspecified atom stereocenters. The summed E-state index contributed by atoms with van der Waals surface area (Å²) in [5.74, 6) is 1.07. The Morgan fingerprint density at radius 3 is 2.29 bits per heavy atom. The first kappa shape index (κ1) is 21.8. The molecule has 1 aromatic rings. The molecule has 0 heterocycles. The van der Waals surface area contributed by atoms with Crippen molar-refractivity contribution in [3.05, 3.63) is 84.5 Å². The Labute approximate surface area is 169 Å². The summed E-state index contributed by atoms with van der Waals surface area (Å²) in [7, 11) is 0. The van der Waals surface area contributed by atoms with Crippen LogP contribution in [0, 0.1) is 11.8 Å². The third-order valence-corrected chi connectivity index (χ3v) is 5.59. The highest BCUT2D eigenvalue weighted by molar-refractivity contribution is 5.98. The first-order chi connectivity index (χ1) is 13.5. The van der Waals surface area contributed by atoms with E-state index in [1.165, 1.54) is 17.2 Å². The standard InChI is InChI=1S/C26H32O2/c1-4-8-23-9-6-7-10-24(23)16-17-25(20(3)27)19-22-13-11-21(12-14-22)15-18-26(28)5-2/h4-7,9-10,15,18-19,21-22H,1-2,8,11-14,16-17H2,3H3/b18-15+,25-19-. The number of benzene rings is 1. The Morgan fingerprint density at radius 2 is 1.68 bits per heavy atom. The molecule has 28 heavy (non-hydrogen) atoms. The van der Waals surface area contributed by atoms with Crippen LogP contribution in [0.25, 0.3) is 0 Å². The summed E-state index contributed by atoms with van der Waals surface area (Å²) in [6.45, 7) is 9.01. The van der Waals surface area contributed by atoms with Crippen LogP contribution in [-0.4, -0.2) is 11.6 Å². The molecule has 1 aromatic carbocycles. The van der Waals surface area contributed by atoms with Gasteiger partial charge in [0.05, 0.1) is 0 Å². The van der Waals surface area contributed by atoms with Gasteiger partial charge < -0.3 is 0 Å². The number of allylic oxidation sites excluding steroid dienone is 6. The molecule has 148 valence electrons. The van der Waals surface area contributed by atoms with Crippen LogP contribution in [0.5, 0.6) is 0 Å². The third-order valence-electron chi connectivity index (χ3n) is 5.59. The number of Topliss-reactive ketones (excluding diaryl/α,β-unsaturated/α-hetero) is 1. The number of rotatable bonds is 10. The zero-order valence-corrected chi connectivity index (χ0v) is 17.0. The number of carbonyl (C=O) groups is 2. The minimum Gasteiger partial charge on any atom is -0.295 e. The fraction of sp³-hybridized carbons (Fsp3) is 0.385. The van der Waals surface area contributed by atoms with Crippen LogP contribution in [0.3, 0.4) is 0 Å². The van der Waals surface area contributed by atoms with Crippen molar-refractivity contribution in [1.29, 1.82) is 0 Å². The Kier molecular flexibility index (Phi) is 8.87. The monoisotopic (exact) mass is 376 g/mol. The van der Waals surface area contributed by atoms with Crippen LogP contribution in [0.2, 0.25) is 0 Å². The smallest absolute Gasteiger partial charge is 0.177 e. The zero-order chi connectivity index (χ0) is 20.4. The van der Waals surface area contributed by atoms with E-state index in [-0.39, 0.29) is 11.6 Å². The van der Waals surface area contributed by atoms with Crippen molar-refractivity contribution in [3.8, 4) is 0 Å². The summed E-state index contributed by atoms with van der Waals surface area (Å²) in [6.07, 6.45) is 15.9. The molecule has 0 amide bonds. The van der Waals surface area contributed by atoms with Gasteiger partial charge in [0, 0.05) is 0 Å². The average Bonchev–Trinajstić information content (AvgIpc) is 2.71. The maximum atomic E-state index is 12.2. The lowest BCUT2D eigenvalue weighted by Gasteiger charge is -2.25. The highest BCUT2D eigenvalue weighted by Crippen LogP contribution is 2.31. The second-order valence-electron chi connectivity index (χ2n) is 7.65. The van der Waals surface area contributed by atoms with Crippen LogP contribution in [0.15, 0.2) is 73.4 Å². The second kappa shape index (κ2) is 11.4. The topological polar surface area (TPSA) is 34.1 Å². The fourth-order valence-corrected chi connectivity index (χ4v) is 3.89. The van der Waals surface area contributed by atoms with Gasteiger partial charge in [-0.15, -0.1) is 6.58 Å². The van der Waals surface area contributed by atoms with Gasteiger partial charge in [0.15, 0.2) is 11.6 Å². The maximum absolute atomic E-state index is 12.2. The predicted octanol–water partition coefficient (Wildman–Crippen LogP) is 5.98. The summed E-state index contributed by atoms with van der Waals surface area (Å²) in [5, 5.41) is 0. The van der Waals surface area contributed by atoms with Gasteiger partial charge in [-0.1, -0.05) is 49.1 Å². The van der Waals surface area contributed by atoms with Gasteiger partial charge in [-0.05, 0) is 92.6 Å². The average molecular weight is 377 g/mol. The van der Waals surface area contributed by atoms with Crippen molar-refractivity contribution in [2.45, 2.75) is 51.9 Å². The van der Waals surface area contributed by atoms with Crippen LogP contribution < -0.4 is 0 Å². The normalized spacial score (nSPS) is 20.1. The van der Waals surface area contributed by atoms with E-state index >= 15 is 0 Å². The van der Waals surface area contributed by atoms with E-state index in [0.29, 0.717) is 11.8 Å². The molecule has 1 aliphatic rings. The predicted molar refractivity (Wildman–Crippen MR) is 117 cm³/mol. The number of carbonyl (C=O) groups excluding carboxylic acids is 2. The van der Waals surface area contributed by atoms with Gasteiger partial charge in [0.1, 0.15) is 0 Å². The highest BCUT2D eigenvalue weighted by atomic mass is 16.1. The summed E-state index contributed by atoms with van der Waals surface area (Å²) in [4.78, 5) is 23.5. The quantitative estimate of drug-likeness (QED) is 0.372. The number of hydrogen-bond donors (Lipinski definition) is 0. The Balaban J connectivity index is 1.95. The molecule has 1 aliphatic carbocycles. The summed E-state index contributed by atoms with van der Waals surface area (Å²) < 4.78 is 0. The summed E-state index contributed by atoms with van der Waals surface area (Å²) in [5.41, 5.74) is 3.55. The Morgan fingerprint density at radius 1 is 1.04 bits per heavy atom. The molecule has 0 aromatic heterocycles. The maximum Gasteiger partial charge on any atom is 0.177 e. The number of aryl methyl sites for hydroxylation is 1. The van der Waals surface area contributed by atoms with Crippen LogP contribution in [0.4, 0.5) is 0 Å². The van der Waals surface area contributed by atoms with Crippen molar-refractivity contribution >= 4 is 11.6 Å². The number of ketones is 2. The molecule has 2 rings (SSSR count). The van der Waals surface area contributed by atoms with E-state index in [1.807, 2.05) is 12.2 Å². The SMILES string of the molecule is C=CCc1ccccc1CC/C(=C/C1CCC(/C=C/C(=O)C=C)CC1)C(C)=O. The molecule has 0 bridgehead atoms. The van der Waals surface area contributed by atoms with Gasteiger partial charge >= 0.3 is 0 Å². The second-order valence-corrected chi connectivity index (χ2v) is 7.65. The van der Waals surface area contributed by atoms with Gasteiger partial charge in [-0.25, -0.2) is 0 Å². The Hall–Kier alpha value is -2.48. The van der Waals surface area contributed by atoms with Gasteiger partial charge in [0.2, 0.25) is 0 Å². The van der Waals surface area contributed by atoms with E-state index in [4.69, 9.17) is 0 Å². The highest BCUT2D eigenvalue weighted by Gasteiger charge is 2.19. The van der Waals surface area contributed by atoms with Gasteiger partial charge in [-0.2, -0.15) is 0 Å². The molecule has 0 saturated heterocycles. The molecule has 0 aliphatic heterocycles. The lowest BCUT2D eigenvalue weighted by atomic mass is 9.80. The molecule has 0 radical (unpaired) electrons.